The van der Waals surface area contributed by atoms with Crippen molar-refractivity contribution in [1.82, 2.24) is 9.55 Å². The molecule has 1 aliphatic heterocycles. The van der Waals surface area contributed by atoms with E-state index in [1.165, 1.54) is 42.5 Å². The third-order valence-corrected chi connectivity index (χ3v) is 4.99. The summed E-state index contributed by atoms with van der Waals surface area (Å²) in [6.45, 7) is 0.362. The van der Waals surface area contributed by atoms with Crippen molar-refractivity contribution in [2.24, 2.45) is 5.10 Å². The van der Waals surface area contributed by atoms with E-state index in [-0.39, 0.29) is 16.9 Å². The summed E-state index contributed by atoms with van der Waals surface area (Å²) in [5.41, 5.74) is -0.312. The van der Waals surface area contributed by atoms with Crippen molar-refractivity contribution < 1.29 is 22.4 Å². The van der Waals surface area contributed by atoms with Crippen molar-refractivity contribution in [3.05, 3.63) is 78.1 Å². The lowest BCUT2D eigenvalue weighted by atomic mass is 10.1. The summed E-state index contributed by atoms with van der Waals surface area (Å²) in [4.78, 5) is 16.9. The van der Waals surface area contributed by atoms with Gasteiger partial charge in [-0.25, -0.2) is 9.37 Å². The first kappa shape index (κ1) is 22.0. The average Bonchev–Trinajstić information content (AvgIpc) is 3.46. The number of nitrogens with zero attached hydrogens (tertiary/aromatic N) is 5. The molecule has 0 aliphatic carbocycles. The zero-order chi connectivity index (χ0) is 23.6. The minimum absolute atomic E-state index is 0.141. The Kier molecular flexibility index (Phi) is 5.83. The van der Waals surface area contributed by atoms with E-state index in [9.17, 15) is 22.4 Å². The van der Waals surface area contributed by atoms with Crippen LogP contribution in [0.5, 0.6) is 0 Å². The molecule has 0 bridgehead atoms. The Morgan fingerprint density at radius 2 is 2.06 bits per heavy atom. The number of aromatic nitrogens is 2. The molecule has 0 fully saturated rings. The molecule has 0 spiro atoms. The van der Waals surface area contributed by atoms with Gasteiger partial charge in [0.25, 0.3) is 0 Å². The van der Waals surface area contributed by atoms with E-state index in [1.54, 1.807) is 23.3 Å². The summed E-state index contributed by atoms with van der Waals surface area (Å²) in [6, 6.07) is 10.3. The summed E-state index contributed by atoms with van der Waals surface area (Å²) in [5.74, 6) is -1.59. The number of carbonyl (C=O) groups excluding carboxylic acids is 1. The number of carbonyl (C=O) groups is 1. The maximum Gasteiger partial charge on any atom is 0.431 e. The molecule has 7 nitrogen and oxygen atoms in total. The lowest BCUT2D eigenvalue weighted by molar-refractivity contribution is -0.117. The Balaban J connectivity index is 1.60. The standard InChI is InChI=1S/C22H16F4N6O/c23-17-5-4-15(12-31-7-6-28-13-31)9-18(17)29-21(33)19-10-20(22(24,25)26)30-32(19)16-3-1-2-14(8-16)11-27/h1-9,13,19H,10,12H2,(H,29,33). The molecule has 1 amide bonds. The van der Waals surface area contributed by atoms with Crippen molar-refractivity contribution in [3.63, 3.8) is 0 Å². The van der Waals surface area contributed by atoms with E-state index in [4.69, 9.17) is 5.26 Å². The Bertz CT molecular complexity index is 1250. The van der Waals surface area contributed by atoms with Crippen molar-refractivity contribution in [2.75, 3.05) is 10.3 Å². The number of benzene rings is 2. The van der Waals surface area contributed by atoms with Crippen LogP contribution in [-0.2, 0) is 11.3 Å². The molecular formula is C22H16F4N6O. The summed E-state index contributed by atoms with van der Waals surface area (Å²) in [7, 11) is 0. The molecule has 3 aromatic rings. The van der Waals surface area contributed by atoms with Crippen LogP contribution in [0.3, 0.4) is 0 Å². The van der Waals surface area contributed by atoms with Crippen LogP contribution < -0.4 is 10.3 Å². The molecule has 1 aromatic heterocycles. The normalized spacial score (nSPS) is 15.8. The quantitative estimate of drug-likeness (QED) is 0.587. The number of alkyl halides is 3. The lowest BCUT2D eigenvalue weighted by Gasteiger charge is -2.23. The molecule has 1 atom stereocenters. The fraction of sp³-hybridized carbons (Fsp3) is 0.182. The topological polar surface area (TPSA) is 86.3 Å². The smallest absolute Gasteiger partial charge is 0.333 e. The van der Waals surface area contributed by atoms with Gasteiger partial charge in [0, 0.05) is 25.4 Å². The molecule has 2 heterocycles. The molecule has 0 saturated heterocycles. The molecule has 2 aromatic carbocycles. The van der Waals surface area contributed by atoms with Gasteiger partial charge in [-0.05, 0) is 35.9 Å². The Morgan fingerprint density at radius 3 is 2.76 bits per heavy atom. The zero-order valence-corrected chi connectivity index (χ0v) is 16.9. The van der Waals surface area contributed by atoms with E-state index in [1.807, 2.05) is 6.07 Å². The highest BCUT2D eigenvalue weighted by atomic mass is 19.4. The Labute approximate surface area is 185 Å². The van der Waals surface area contributed by atoms with Crippen molar-refractivity contribution in [3.8, 4) is 6.07 Å². The van der Waals surface area contributed by atoms with Gasteiger partial charge in [0.15, 0.2) is 0 Å². The molecule has 33 heavy (non-hydrogen) atoms. The number of halogens is 4. The maximum atomic E-state index is 14.4. The first-order chi connectivity index (χ1) is 15.7. The fourth-order valence-corrected chi connectivity index (χ4v) is 3.42. The second-order valence-corrected chi connectivity index (χ2v) is 7.31. The predicted molar refractivity (Wildman–Crippen MR) is 112 cm³/mol. The van der Waals surface area contributed by atoms with E-state index < -0.39 is 36.1 Å². The molecule has 1 aliphatic rings. The number of imidazole rings is 1. The van der Waals surface area contributed by atoms with Crippen LogP contribution in [0.4, 0.5) is 28.9 Å². The number of nitrogens with one attached hydrogen (secondary N) is 1. The van der Waals surface area contributed by atoms with E-state index in [0.29, 0.717) is 12.1 Å². The lowest BCUT2D eigenvalue weighted by Crippen LogP contribution is -2.39. The van der Waals surface area contributed by atoms with Crippen LogP contribution in [0.1, 0.15) is 17.5 Å². The molecule has 4 rings (SSSR count). The van der Waals surface area contributed by atoms with Gasteiger partial charge < -0.3 is 9.88 Å². The highest BCUT2D eigenvalue weighted by molar-refractivity contribution is 6.04. The van der Waals surface area contributed by atoms with Crippen molar-refractivity contribution >= 4 is 23.0 Å². The second-order valence-electron chi connectivity index (χ2n) is 7.31. The van der Waals surface area contributed by atoms with Gasteiger partial charge in [0.2, 0.25) is 5.91 Å². The van der Waals surface area contributed by atoms with Crippen LogP contribution in [0.15, 0.2) is 66.3 Å². The summed E-state index contributed by atoms with van der Waals surface area (Å²) >= 11 is 0. The first-order valence-corrected chi connectivity index (χ1v) is 9.73. The minimum Gasteiger partial charge on any atom is -0.333 e. The first-order valence-electron chi connectivity index (χ1n) is 9.73. The van der Waals surface area contributed by atoms with Gasteiger partial charge in [-0.15, -0.1) is 0 Å². The molecule has 11 heteroatoms. The molecule has 0 saturated carbocycles. The third-order valence-electron chi connectivity index (χ3n) is 4.99. The van der Waals surface area contributed by atoms with Crippen LogP contribution in [0.2, 0.25) is 0 Å². The van der Waals surface area contributed by atoms with Crippen molar-refractivity contribution in [1.29, 1.82) is 5.26 Å². The third kappa shape index (κ3) is 4.85. The van der Waals surface area contributed by atoms with Gasteiger partial charge in [-0.3, -0.25) is 9.80 Å². The van der Waals surface area contributed by atoms with Gasteiger partial charge in [-0.2, -0.15) is 23.5 Å². The molecule has 0 radical (unpaired) electrons. The number of hydrogen-bond acceptors (Lipinski definition) is 5. The van der Waals surface area contributed by atoms with Gasteiger partial charge in [-0.1, -0.05) is 12.1 Å². The van der Waals surface area contributed by atoms with Crippen LogP contribution in [-0.4, -0.2) is 33.4 Å². The largest absolute Gasteiger partial charge is 0.431 e. The predicted octanol–water partition coefficient (Wildman–Crippen LogP) is 4.08. The average molecular weight is 456 g/mol. The molecular weight excluding hydrogens is 440 g/mol. The van der Waals surface area contributed by atoms with Crippen LogP contribution in [0.25, 0.3) is 0 Å². The van der Waals surface area contributed by atoms with Gasteiger partial charge in [0.1, 0.15) is 17.6 Å². The monoisotopic (exact) mass is 456 g/mol. The van der Waals surface area contributed by atoms with Crippen LogP contribution in [0, 0.1) is 17.1 Å². The molecule has 168 valence electrons. The summed E-state index contributed by atoms with van der Waals surface area (Å²) in [5, 5.41) is 16.0. The fourth-order valence-electron chi connectivity index (χ4n) is 3.42. The number of amides is 1. The van der Waals surface area contributed by atoms with Crippen molar-refractivity contribution in [2.45, 2.75) is 25.2 Å². The number of anilines is 2. The number of rotatable bonds is 5. The van der Waals surface area contributed by atoms with E-state index in [0.717, 1.165) is 5.01 Å². The minimum atomic E-state index is -4.74. The second kappa shape index (κ2) is 8.74. The number of nitriles is 1. The summed E-state index contributed by atoms with van der Waals surface area (Å²) in [6.07, 6.45) is -0.592. The number of hydrogen-bond donors (Lipinski definition) is 1. The SMILES string of the molecule is N#Cc1cccc(N2N=C(C(F)(F)F)CC2C(=O)Nc2cc(Cn3ccnc3)ccc2F)c1. The molecule has 1 N–H and O–H groups in total. The van der Waals surface area contributed by atoms with Crippen LogP contribution >= 0.6 is 0 Å². The number of hydrazone groups is 1. The zero-order valence-electron chi connectivity index (χ0n) is 16.9. The Morgan fingerprint density at radius 1 is 1.24 bits per heavy atom. The van der Waals surface area contributed by atoms with E-state index in [2.05, 4.69) is 15.4 Å². The molecule has 1 unspecified atom stereocenters. The van der Waals surface area contributed by atoms with Gasteiger partial charge in [0.05, 0.1) is 29.3 Å². The highest BCUT2D eigenvalue weighted by Crippen LogP contribution is 2.32. The summed E-state index contributed by atoms with van der Waals surface area (Å²) < 4.78 is 56.2. The highest BCUT2D eigenvalue weighted by Gasteiger charge is 2.45. The van der Waals surface area contributed by atoms with E-state index >= 15 is 0 Å². The van der Waals surface area contributed by atoms with Gasteiger partial charge >= 0.3 is 6.18 Å². The Hall–Kier alpha value is -4.20. The maximum absolute atomic E-state index is 14.4.